The van der Waals surface area contributed by atoms with Crippen molar-refractivity contribution in [2.45, 2.75) is 52.8 Å². The van der Waals surface area contributed by atoms with Gasteiger partial charge in [0.05, 0.1) is 12.6 Å². The maximum Gasteiger partial charge on any atom is 0.302 e. The maximum atomic E-state index is 11.2. The van der Waals surface area contributed by atoms with Crippen LogP contribution in [0.3, 0.4) is 0 Å². The van der Waals surface area contributed by atoms with Gasteiger partial charge in [-0.15, -0.1) is 0 Å². The maximum absolute atomic E-state index is 11.2. The summed E-state index contributed by atoms with van der Waals surface area (Å²) in [6.07, 6.45) is 2.11. The minimum Gasteiger partial charge on any atom is -0.493 e. The minimum absolute atomic E-state index is 0.152. The van der Waals surface area contributed by atoms with E-state index in [9.17, 15) is 4.79 Å². The summed E-state index contributed by atoms with van der Waals surface area (Å²) >= 11 is 0. The molecule has 0 aliphatic carbocycles. The van der Waals surface area contributed by atoms with E-state index in [-0.39, 0.29) is 18.6 Å². The first-order valence-corrected chi connectivity index (χ1v) is 8.99. The van der Waals surface area contributed by atoms with Crippen LogP contribution in [0.15, 0.2) is 22.7 Å². The first-order valence-electron chi connectivity index (χ1n) is 8.99. The lowest BCUT2D eigenvalue weighted by Crippen LogP contribution is -2.23. The molecular weight excluding hydrogens is 334 g/mol. The molecule has 3 rings (SSSR count). The van der Waals surface area contributed by atoms with Crippen molar-refractivity contribution < 1.29 is 18.8 Å². The van der Waals surface area contributed by atoms with Gasteiger partial charge < -0.3 is 14.0 Å². The topological polar surface area (TPSA) is 77.7 Å². The number of ether oxygens (including phenoxy) is 2. The molecule has 1 unspecified atom stereocenters. The number of likely N-dealkylation sites (tertiary alicyclic amines) is 1. The highest BCUT2D eigenvalue weighted by molar-refractivity contribution is 5.66. The summed E-state index contributed by atoms with van der Waals surface area (Å²) in [4.78, 5) is 17.9. The van der Waals surface area contributed by atoms with E-state index in [1.807, 2.05) is 26.0 Å². The highest BCUT2D eigenvalue weighted by atomic mass is 16.5. The van der Waals surface area contributed by atoms with E-state index in [1.54, 1.807) is 0 Å². The van der Waals surface area contributed by atoms with E-state index < -0.39 is 0 Å². The Kier molecular flexibility index (Phi) is 5.88. The van der Waals surface area contributed by atoms with E-state index in [2.05, 4.69) is 21.1 Å². The lowest BCUT2D eigenvalue weighted by Gasteiger charge is -2.22. The Morgan fingerprint density at radius 1 is 1.42 bits per heavy atom. The van der Waals surface area contributed by atoms with Crippen molar-refractivity contribution in [3.63, 3.8) is 0 Å². The molecule has 7 nitrogen and oxygen atoms in total. The van der Waals surface area contributed by atoms with Crippen LogP contribution >= 0.6 is 0 Å². The molecule has 0 bridgehead atoms. The number of hydrogen-bond donors (Lipinski definition) is 0. The Balaban J connectivity index is 1.75. The average molecular weight is 359 g/mol. The molecule has 2 aromatic rings. The molecule has 140 valence electrons. The summed E-state index contributed by atoms with van der Waals surface area (Å²) in [6.45, 7) is 7.71. The molecular formula is C19H25N3O4. The Bertz CT molecular complexity index is 759. The third kappa shape index (κ3) is 4.40. The summed E-state index contributed by atoms with van der Waals surface area (Å²) in [5, 5.41) is 3.91. The number of nitrogens with zero attached hydrogens (tertiary/aromatic N) is 3. The number of aryl methyl sites for hydroxylation is 1. The zero-order valence-electron chi connectivity index (χ0n) is 15.5. The van der Waals surface area contributed by atoms with Gasteiger partial charge >= 0.3 is 5.97 Å². The minimum atomic E-state index is -0.302. The first kappa shape index (κ1) is 18.4. The number of benzene rings is 1. The Hall–Kier alpha value is -2.41. The van der Waals surface area contributed by atoms with Crippen LogP contribution in [0.5, 0.6) is 5.75 Å². The molecule has 0 N–H and O–H groups in total. The molecule has 0 saturated carbocycles. The van der Waals surface area contributed by atoms with Crippen LogP contribution in [0.2, 0.25) is 0 Å². The largest absolute Gasteiger partial charge is 0.493 e. The average Bonchev–Trinajstić information content (AvgIpc) is 3.23. The summed E-state index contributed by atoms with van der Waals surface area (Å²) < 4.78 is 16.2. The van der Waals surface area contributed by atoms with Crippen molar-refractivity contribution in [2.75, 3.05) is 13.2 Å². The molecule has 1 aromatic carbocycles. The van der Waals surface area contributed by atoms with Gasteiger partial charge in [0.1, 0.15) is 12.4 Å². The molecule has 0 spiro atoms. The van der Waals surface area contributed by atoms with Crippen LogP contribution in [-0.4, -0.2) is 34.2 Å². The second-order valence-electron chi connectivity index (χ2n) is 6.46. The Morgan fingerprint density at radius 2 is 2.27 bits per heavy atom. The molecule has 1 fully saturated rings. The third-order valence-electron chi connectivity index (χ3n) is 4.43. The van der Waals surface area contributed by atoms with Crippen molar-refractivity contribution in [3.05, 3.63) is 41.0 Å². The lowest BCUT2D eigenvalue weighted by molar-refractivity contribution is -0.142. The van der Waals surface area contributed by atoms with Crippen molar-refractivity contribution >= 4 is 5.97 Å². The van der Waals surface area contributed by atoms with Gasteiger partial charge in [0.15, 0.2) is 5.82 Å². The van der Waals surface area contributed by atoms with E-state index in [0.29, 0.717) is 18.3 Å². The van der Waals surface area contributed by atoms with Gasteiger partial charge in [-0.1, -0.05) is 11.2 Å². The molecule has 1 aliphatic rings. The second kappa shape index (κ2) is 8.31. The van der Waals surface area contributed by atoms with Gasteiger partial charge in [-0.3, -0.25) is 9.69 Å². The molecule has 1 aromatic heterocycles. The van der Waals surface area contributed by atoms with Crippen LogP contribution < -0.4 is 4.74 Å². The zero-order chi connectivity index (χ0) is 18.5. The molecule has 1 aliphatic heterocycles. The molecule has 1 saturated heterocycles. The van der Waals surface area contributed by atoms with Gasteiger partial charge in [0, 0.05) is 19.0 Å². The van der Waals surface area contributed by atoms with E-state index >= 15 is 0 Å². The zero-order valence-corrected chi connectivity index (χ0v) is 15.5. The lowest BCUT2D eigenvalue weighted by atomic mass is 10.1. The summed E-state index contributed by atoms with van der Waals surface area (Å²) in [5.74, 6) is 1.80. The molecule has 7 heteroatoms. The highest BCUT2D eigenvalue weighted by Gasteiger charge is 2.30. The van der Waals surface area contributed by atoms with E-state index in [4.69, 9.17) is 14.0 Å². The fourth-order valence-corrected chi connectivity index (χ4v) is 3.30. The summed E-state index contributed by atoms with van der Waals surface area (Å²) in [6, 6.07) is 6.19. The SMILES string of the molecule is CCOc1ccc(CN2CCCC2c2nc(C)no2)cc1COC(C)=O. The molecule has 2 heterocycles. The third-order valence-corrected chi connectivity index (χ3v) is 4.43. The number of aromatic nitrogens is 2. The molecule has 26 heavy (non-hydrogen) atoms. The highest BCUT2D eigenvalue weighted by Crippen LogP contribution is 2.33. The summed E-state index contributed by atoms with van der Waals surface area (Å²) in [5.41, 5.74) is 2.02. The molecule has 1 atom stereocenters. The second-order valence-corrected chi connectivity index (χ2v) is 6.46. The van der Waals surface area contributed by atoms with Crippen molar-refractivity contribution in [1.29, 1.82) is 0 Å². The molecule has 0 radical (unpaired) electrons. The van der Waals surface area contributed by atoms with Gasteiger partial charge in [-0.2, -0.15) is 4.98 Å². The Morgan fingerprint density at radius 3 is 2.96 bits per heavy atom. The van der Waals surface area contributed by atoms with Gasteiger partial charge in [0.2, 0.25) is 5.89 Å². The van der Waals surface area contributed by atoms with Gasteiger partial charge in [-0.05, 0) is 50.9 Å². The van der Waals surface area contributed by atoms with Crippen LogP contribution in [-0.2, 0) is 22.7 Å². The van der Waals surface area contributed by atoms with Gasteiger partial charge in [0.25, 0.3) is 0 Å². The van der Waals surface area contributed by atoms with Crippen molar-refractivity contribution in [1.82, 2.24) is 15.0 Å². The van der Waals surface area contributed by atoms with Crippen molar-refractivity contribution in [3.8, 4) is 5.75 Å². The van der Waals surface area contributed by atoms with Crippen molar-refractivity contribution in [2.24, 2.45) is 0 Å². The standard InChI is InChI=1S/C19H25N3O4/c1-4-24-18-8-7-15(10-16(18)12-25-14(3)23)11-22-9-5-6-17(22)19-20-13(2)21-26-19/h7-8,10,17H,4-6,9,11-12H2,1-3H3. The number of rotatable bonds is 7. The number of esters is 1. The fraction of sp³-hybridized carbons (Fsp3) is 0.526. The predicted molar refractivity (Wildman–Crippen MR) is 94.5 cm³/mol. The van der Waals surface area contributed by atoms with Crippen LogP contribution in [0, 0.1) is 6.92 Å². The Labute approximate surface area is 153 Å². The van der Waals surface area contributed by atoms with E-state index in [1.165, 1.54) is 6.92 Å². The monoisotopic (exact) mass is 359 g/mol. The van der Waals surface area contributed by atoms with Gasteiger partial charge in [-0.25, -0.2) is 0 Å². The predicted octanol–water partition coefficient (Wildman–Crippen LogP) is 3.18. The van der Waals surface area contributed by atoms with Crippen LogP contribution in [0.4, 0.5) is 0 Å². The van der Waals surface area contributed by atoms with E-state index in [0.717, 1.165) is 42.8 Å². The first-order chi connectivity index (χ1) is 12.6. The fourth-order valence-electron chi connectivity index (χ4n) is 3.30. The number of carbonyl (C=O) groups excluding carboxylic acids is 1. The summed E-state index contributed by atoms with van der Waals surface area (Å²) in [7, 11) is 0. The number of hydrogen-bond acceptors (Lipinski definition) is 7. The number of carbonyl (C=O) groups is 1. The quantitative estimate of drug-likeness (QED) is 0.703. The van der Waals surface area contributed by atoms with Crippen LogP contribution in [0.1, 0.15) is 55.6 Å². The smallest absolute Gasteiger partial charge is 0.302 e. The normalized spacial score (nSPS) is 17.4. The van der Waals surface area contributed by atoms with Crippen LogP contribution in [0.25, 0.3) is 0 Å². The molecule has 0 amide bonds.